The Kier molecular flexibility index (Phi) is 237. The first-order chi connectivity index (χ1) is 2.41. The Hall–Kier alpha value is -0.630. The van der Waals surface area contributed by atoms with E-state index < -0.39 is 0 Å². The molecule has 0 aliphatic rings. The van der Waals surface area contributed by atoms with Crippen molar-refractivity contribution in [3.63, 3.8) is 0 Å². The fourth-order valence-corrected chi connectivity index (χ4v) is 0.0227. The third-order valence-corrected chi connectivity index (χ3v) is 0.111. The van der Waals surface area contributed by atoms with E-state index in [-0.39, 0.29) is 36.6 Å². The van der Waals surface area contributed by atoms with Crippen LogP contribution in [0.25, 0.3) is 0 Å². The minimum atomic E-state index is 0. The molecule has 0 unspecified atom stereocenters. The van der Waals surface area contributed by atoms with Crippen molar-refractivity contribution < 1.29 is 35.9 Å². The zero-order valence-corrected chi connectivity index (χ0v) is 4.38. The van der Waals surface area contributed by atoms with Gasteiger partial charge in [-0.05, 0) is 0 Å². The molecule has 9 heavy (non-hydrogen) atoms. The van der Waals surface area contributed by atoms with E-state index in [0.717, 1.165) is 0 Å². The van der Waals surface area contributed by atoms with Crippen molar-refractivity contribution in [3.8, 4) is 0 Å². The van der Waals surface area contributed by atoms with Crippen molar-refractivity contribution in [2.24, 2.45) is 0 Å². The van der Waals surface area contributed by atoms with E-state index >= 15 is 0 Å². The summed E-state index contributed by atoms with van der Waals surface area (Å²) in [5, 5.41) is 0. The van der Waals surface area contributed by atoms with Gasteiger partial charge in [-0.25, -0.2) is 0 Å². The Morgan fingerprint density at radius 1 is 0.778 bits per heavy atom. The zero-order chi connectivity index (χ0) is 4.12. The average Bonchev–Trinajstić information content (AvgIpc) is 1.41. The summed E-state index contributed by atoms with van der Waals surface area (Å²) in [5.74, 6) is 0. The van der Waals surface area contributed by atoms with Crippen molar-refractivity contribution in [3.05, 3.63) is 0 Å². The van der Waals surface area contributed by atoms with E-state index in [9.17, 15) is 0 Å². The predicted octanol–water partition coefficient (Wildman–Crippen LogP) is -4.37. The summed E-state index contributed by atoms with van der Waals surface area (Å²) in [6.45, 7) is 0. The molecule has 0 aliphatic carbocycles. The molecule has 8 N–H and O–H groups in total. The molecule has 0 rings (SSSR count). The molecule has 7 nitrogen and oxygen atoms in total. The fraction of sp³-hybridized carbons (Fsp3) is 0. The van der Waals surface area contributed by atoms with Crippen molar-refractivity contribution in [1.29, 1.82) is 0 Å². The molecule has 0 fully saturated rings. The first-order valence-corrected chi connectivity index (χ1v) is 0.943. The van der Waals surface area contributed by atoms with E-state index in [1.54, 1.807) is 0 Å². The molecule has 0 amide bonds. The van der Waals surface area contributed by atoms with Gasteiger partial charge in [0.2, 0.25) is 0 Å². The molecular formula is H8B2O7. The van der Waals surface area contributed by atoms with E-state index in [1.165, 1.54) is 0 Å². The van der Waals surface area contributed by atoms with Gasteiger partial charge in [0.25, 0.3) is 0 Å². The van der Waals surface area contributed by atoms with Gasteiger partial charge in [0.1, 0.15) is 0 Å². The molecule has 0 saturated heterocycles. The van der Waals surface area contributed by atoms with Gasteiger partial charge in [-0.2, -0.15) is 0 Å². The van der Waals surface area contributed by atoms with Gasteiger partial charge in [-0.1, -0.05) is 0 Å². The van der Waals surface area contributed by atoms with E-state index in [4.69, 9.17) is 9.41 Å². The van der Waals surface area contributed by atoms with Crippen molar-refractivity contribution in [2.45, 2.75) is 0 Å². The van der Waals surface area contributed by atoms with Gasteiger partial charge in [-0.3, -0.25) is 0 Å². The third kappa shape index (κ3) is 113. The molecule has 0 saturated carbocycles. The zero-order valence-electron chi connectivity index (χ0n) is 4.38. The average molecular weight is 142 g/mol. The maximum absolute atomic E-state index is 8.95. The summed E-state index contributed by atoms with van der Waals surface area (Å²) in [6.07, 6.45) is 0. The molecule has 0 radical (unpaired) electrons. The Bertz CT molecular complexity index is 36.2. The molecule has 9 heteroatoms. The van der Waals surface area contributed by atoms with Crippen LogP contribution in [-0.2, 0) is 14.0 Å². The summed E-state index contributed by atoms with van der Waals surface area (Å²) in [7, 11) is 0.125. The van der Waals surface area contributed by atoms with Gasteiger partial charge in [0, 0.05) is 0 Å². The second-order valence-corrected chi connectivity index (χ2v) is 0.329. The van der Waals surface area contributed by atoms with Gasteiger partial charge >= 0.3 is 28.7 Å². The second-order valence-electron chi connectivity index (χ2n) is 0.329. The van der Waals surface area contributed by atoms with Crippen LogP contribution in [-0.4, -0.2) is 36.6 Å². The van der Waals surface area contributed by atoms with Crippen LogP contribution >= 0.6 is 0 Å². The van der Waals surface area contributed by atoms with Crippen LogP contribution in [0, 0.1) is 0 Å². The van der Waals surface area contributed by atoms with Crippen LogP contribution in [0.3, 0.4) is 0 Å². The van der Waals surface area contributed by atoms with Gasteiger partial charge in [-0.15, -0.1) is 0 Å². The fourth-order valence-electron chi connectivity index (χ4n) is 0.0227. The molecule has 0 aromatic heterocycles. The Morgan fingerprint density at radius 2 is 1.00 bits per heavy atom. The quantitative estimate of drug-likeness (QED) is 0.355. The Morgan fingerprint density at radius 3 is 1.00 bits per heavy atom. The van der Waals surface area contributed by atoms with Gasteiger partial charge < -0.3 is 21.9 Å². The van der Waals surface area contributed by atoms with E-state index in [1.807, 2.05) is 0 Å². The van der Waals surface area contributed by atoms with Crippen LogP contribution in [0.1, 0.15) is 0 Å². The molecule has 0 aromatic rings. The van der Waals surface area contributed by atoms with Crippen molar-refractivity contribution in [1.82, 2.24) is 0 Å². The molecule has 0 bridgehead atoms. The van der Waals surface area contributed by atoms with Crippen molar-refractivity contribution >= 4 is 14.7 Å². The molecule has 0 aromatic carbocycles. The normalized spacial score (nSPS) is 2.22. The molecule has 0 heterocycles. The monoisotopic (exact) mass is 142 g/mol. The summed E-state index contributed by atoms with van der Waals surface area (Å²) in [5.41, 5.74) is 0. The molecule has 0 aliphatic heterocycles. The molecule has 0 spiro atoms. The molecule has 0 atom stereocenters. The molecular weight excluding hydrogens is 134 g/mol. The number of rotatable bonds is 2. The van der Waals surface area contributed by atoms with Crippen LogP contribution in [0.15, 0.2) is 0 Å². The maximum atomic E-state index is 8.95. The first kappa shape index (κ1) is 40.0. The summed E-state index contributed by atoms with van der Waals surface area (Å²) in [4.78, 5) is 0. The van der Waals surface area contributed by atoms with Gasteiger partial charge in [0.05, 0.1) is 0 Å². The third-order valence-electron chi connectivity index (χ3n) is 0.111. The van der Waals surface area contributed by atoms with E-state index in [0.29, 0.717) is 0 Å². The van der Waals surface area contributed by atoms with Crippen LogP contribution < -0.4 is 0 Å². The van der Waals surface area contributed by atoms with E-state index in [2.05, 4.69) is 4.57 Å². The standard InChI is InChI=1S/B2O3.4H2O/c3-1-5-2-4;;;;/h;4*1H2. The Labute approximate surface area is 51.8 Å². The molecule has 56 valence electrons. The van der Waals surface area contributed by atoms with Gasteiger partial charge in [0.15, 0.2) is 0 Å². The number of hydrogen-bond acceptors (Lipinski definition) is 3. The van der Waals surface area contributed by atoms with Crippen LogP contribution in [0.5, 0.6) is 0 Å². The Balaban J connectivity index is -0.0000000133. The topological polar surface area (TPSA) is 169 Å². The summed E-state index contributed by atoms with van der Waals surface area (Å²) < 4.78 is 21.4. The minimum absolute atomic E-state index is 0. The number of hydrogen-bond donors (Lipinski definition) is 0. The first-order valence-electron chi connectivity index (χ1n) is 0.943. The second kappa shape index (κ2) is 53.2. The van der Waals surface area contributed by atoms with Crippen LogP contribution in [0.2, 0.25) is 0 Å². The summed E-state index contributed by atoms with van der Waals surface area (Å²) >= 11 is 0. The predicted molar refractivity (Wildman–Crippen MR) is 28.4 cm³/mol. The SMILES string of the molecule is O.O.O.O.O=BOB=O. The van der Waals surface area contributed by atoms with Crippen LogP contribution in [0.4, 0.5) is 0 Å². The summed E-state index contributed by atoms with van der Waals surface area (Å²) in [6, 6.07) is 0. The van der Waals surface area contributed by atoms with Crippen molar-refractivity contribution in [2.75, 3.05) is 0 Å².